The lowest BCUT2D eigenvalue weighted by Crippen LogP contribution is -2.40. The summed E-state index contributed by atoms with van der Waals surface area (Å²) >= 11 is 0. The molecule has 2 aliphatic rings. The number of hydrogen-bond acceptors (Lipinski definition) is 3. The van der Waals surface area contributed by atoms with Crippen molar-refractivity contribution in [1.29, 1.82) is 0 Å². The van der Waals surface area contributed by atoms with Crippen molar-refractivity contribution in [3.63, 3.8) is 0 Å². The predicted molar refractivity (Wildman–Crippen MR) is 93.2 cm³/mol. The standard InChI is InChI=1S/C20H25NO3/c1-19(2)12-21(13-20(19,3)24)18(23)11-16-15(9-10-17(16)22)14-7-5-4-6-8-14/h4-8,24H,9-13H2,1-3H3/t20-/m1/s1. The molecule has 1 heterocycles. The van der Waals surface area contributed by atoms with E-state index in [2.05, 4.69) is 0 Å². The summed E-state index contributed by atoms with van der Waals surface area (Å²) in [4.78, 5) is 26.7. The highest BCUT2D eigenvalue weighted by Gasteiger charge is 2.49. The van der Waals surface area contributed by atoms with Crippen molar-refractivity contribution in [2.45, 2.75) is 45.6 Å². The summed E-state index contributed by atoms with van der Waals surface area (Å²) in [6.45, 7) is 6.54. The number of nitrogens with zero attached hydrogens (tertiary/aromatic N) is 1. The highest BCUT2D eigenvalue weighted by molar-refractivity contribution is 6.10. The summed E-state index contributed by atoms with van der Waals surface area (Å²) in [5.74, 6) is 0.00644. The Kier molecular flexibility index (Phi) is 4.12. The minimum Gasteiger partial charge on any atom is -0.388 e. The Labute approximate surface area is 143 Å². The van der Waals surface area contributed by atoms with Crippen LogP contribution in [-0.4, -0.2) is 40.4 Å². The molecule has 128 valence electrons. The fraction of sp³-hybridized carbons (Fsp3) is 0.500. The highest BCUT2D eigenvalue weighted by Crippen LogP contribution is 2.40. The molecule has 4 nitrogen and oxygen atoms in total. The smallest absolute Gasteiger partial charge is 0.227 e. The van der Waals surface area contributed by atoms with Gasteiger partial charge in [-0.15, -0.1) is 0 Å². The zero-order valence-corrected chi connectivity index (χ0v) is 14.6. The molecule has 1 aromatic carbocycles. The molecule has 4 heteroatoms. The molecule has 0 unspecified atom stereocenters. The van der Waals surface area contributed by atoms with Crippen LogP contribution in [-0.2, 0) is 9.59 Å². The molecule has 1 atom stereocenters. The Balaban J connectivity index is 1.82. The van der Waals surface area contributed by atoms with E-state index in [4.69, 9.17) is 0 Å². The number of carbonyl (C=O) groups is 2. The summed E-state index contributed by atoms with van der Waals surface area (Å²) < 4.78 is 0. The molecule has 1 saturated heterocycles. The molecule has 0 bridgehead atoms. The number of likely N-dealkylation sites (tertiary alicyclic amines) is 1. The summed E-state index contributed by atoms with van der Waals surface area (Å²) in [5.41, 5.74) is 1.42. The van der Waals surface area contributed by atoms with Crippen molar-refractivity contribution >= 4 is 17.3 Å². The van der Waals surface area contributed by atoms with Crippen molar-refractivity contribution in [1.82, 2.24) is 4.90 Å². The summed E-state index contributed by atoms with van der Waals surface area (Å²) in [6.07, 6.45) is 1.32. The third-order valence-corrected chi connectivity index (χ3v) is 5.65. The van der Waals surface area contributed by atoms with Crippen LogP contribution in [0, 0.1) is 5.41 Å². The summed E-state index contributed by atoms with van der Waals surface area (Å²) in [7, 11) is 0. The van der Waals surface area contributed by atoms with Crippen LogP contribution in [0.4, 0.5) is 0 Å². The van der Waals surface area contributed by atoms with Crippen LogP contribution < -0.4 is 0 Å². The number of β-amino-alcohol motifs (C(OH)–C–C–N with tert-alkyl or cyclic N) is 1. The molecule has 0 saturated carbocycles. The number of benzene rings is 1. The number of allylic oxidation sites excluding steroid dienone is 1. The molecule has 1 aliphatic heterocycles. The zero-order chi connectivity index (χ0) is 17.5. The molecule has 1 amide bonds. The first-order valence-electron chi connectivity index (χ1n) is 8.52. The molecule has 0 radical (unpaired) electrons. The van der Waals surface area contributed by atoms with Crippen LogP contribution in [0.2, 0.25) is 0 Å². The molecule has 0 spiro atoms. The van der Waals surface area contributed by atoms with E-state index >= 15 is 0 Å². The molecule has 1 N–H and O–H groups in total. The number of carbonyl (C=O) groups excluding carboxylic acids is 2. The van der Waals surface area contributed by atoms with Gasteiger partial charge in [-0.25, -0.2) is 0 Å². The third-order valence-electron chi connectivity index (χ3n) is 5.65. The van der Waals surface area contributed by atoms with Crippen molar-refractivity contribution in [2.24, 2.45) is 5.41 Å². The van der Waals surface area contributed by atoms with Gasteiger partial charge in [0.05, 0.1) is 12.0 Å². The molecule has 24 heavy (non-hydrogen) atoms. The summed E-state index contributed by atoms with van der Waals surface area (Å²) in [6, 6.07) is 9.82. The van der Waals surface area contributed by atoms with E-state index in [0.717, 1.165) is 11.1 Å². The van der Waals surface area contributed by atoms with Gasteiger partial charge in [-0.1, -0.05) is 44.2 Å². The Bertz CT molecular complexity index is 685. The molecule has 3 rings (SSSR count). The van der Waals surface area contributed by atoms with Crippen LogP contribution in [0.15, 0.2) is 35.9 Å². The second-order valence-electron chi connectivity index (χ2n) is 7.83. The van der Waals surface area contributed by atoms with Gasteiger partial charge < -0.3 is 10.0 Å². The second-order valence-corrected chi connectivity index (χ2v) is 7.83. The van der Waals surface area contributed by atoms with Gasteiger partial charge in [0.1, 0.15) is 0 Å². The molecular formula is C20H25NO3. The number of hydrogen-bond donors (Lipinski definition) is 1. The van der Waals surface area contributed by atoms with Crippen molar-refractivity contribution in [2.75, 3.05) is 13.1 Å². The van der Waals surface area contributed by atoms with Gasteiger partial charge in [0.25, 0.3) is 0 Å². The van der Waals surface area contributed by atoms with Gasteiger partial charge in [0.2, 0.25) is 5.91 Å². The molecular weight excluding hydrogens is 302 g/mol. The third kappa shape index (κ3) is 2.91. The van der Waals surface area contributed by atoms with Crippen LogP contribution in [0.3, 0.4) is 0 Å². The molecule has 1 aliphatic carbocycles. The van der Waals surface area contributed by atoms with E-state index in [0.29, 0.717) is 31.5 Å². The van der Waals surface area contributed by atoms with Gasteiger partial charge in [0.15, 0.2) is 5.78 Å². The number of Topliss-reactive ketones (excluding diaryl/α,β-unsaturated/α-hetero) is 1. The lowest BCUT2D eigenvalue weighted by molar-refractivity contribution is -0.131. The van der Waals surface area contributed by atoms with Gasteiger partial charge in [-0.3, -0.25) is 9.59 Å². The van der Waals surface area contributed by atoms with Crippen molar-refractivity contribution in [3.8, 4) is 0 Å². The minimum absolute atomic E-state index is 0.0699. The molecule has 0 aromatic heterocycles. The van der Waals surface area contributed by atoms with Crippen molar-refractivity contribution < 1.29 is 14.7 Å². The van der Waals surface area contributed by atoms with Crippen LogP contribution in [0.1, 0.15) is 45.6 Å². The maximum atomic E-state index is 12.7. The van der Waals surface area contributed by atoms with E-state index in [9.17, 15) is 14.7 Å². The van der Waals surface area contributed by atoms with Crippen LogP contribution in [0.25, 0.3) is 5.57 Å². The van der Waals surface area contributed by atoms with E-state index < -0.39 is 5.60 Å². The normalized spacial score (nSPS) is 26.3. The number of ketones is 1. The topological polar surface area (TPSA) is 57.6 Å². The largest absolute Gasteiger partial charge is 0.388 e. The van der Waals surface area contributed by atoms with Gasteiger partial charge >= 0.3 is 0 Å². The molecule has 1 aromatic rings. The minimum atomic E-state index is -0.904. The Morgan fingerprint density at radius 2 is 1.79 bits per heavy atom. The Morgan fingerprint density at radius 3 is 2.38 bits per heavy atom. The summed E-state index contributed by atoms with van der Waals surface area (Å²) in [5, 5.41) is 10.5. The first-order chi connectivity index (χ1) is 11.2. The lowest BCUT2D eigenvalue weighted by Gasteiger charge is -2.30. The van der Waals surface area contributed by atoms with E-state index in [-0.39, 0.29) is 23.5 Å². The second kappa shape index (κ2) is 5.85. The predicted octanol–water partition coefficient (Wildman–Crippen LogP) is 2.81. The van der Waals surface area contributed by atoms with Gasteiger partial charge in [-0.2, -0.15) is 0 Å². The average Bonchev–Trinajstić information content (AvgIpc) is 2.98. The quantitative estimate of drug-likeness (QED) is 0.929. The number of amides is 1. The Morgan fingerprint density at radius 1 is 1.12 bits per heavy atom. The monoisotopic (exact) mass is 327 g/mol. The highest BCUT2D eigenvalue weighted by atomic mass is 16.3. The first-order valence-corrected chi connectivity index (χ1v) is 8.52. The number of aliphatic hydroxyl groups is 1. The van der Waals surface area contributed by atoms with E-state index in [1.807, 2.05) is 44.2 Å². The SMILES string of the molecule is CC1(C)CN(C(=O)CC2=C(c3ccccc3)CCC2=O)C[C@@]1(C)O. The maximum absolute atomic E-state index is 12.7. The average molecular weight is 327 g/mol. The maximum Gasteiger partial charge on any atom is 0.227 e. The zero-order valence-electron chi connectivity index (χ0n) is 14.6. The Hall–Kier alpha value is -1.94. The number of rotatable bonds is 3. The van der Waals surface area contributed by atoms with E-state index in [1.54, 1.807) is 11.8 Å². The lowest BCUT2D eigenvalue weighted by atomic mass is 9.79. The van der Waals surface area contributed by atoms with Crippen molar-refractivity contribution in [3.05, 3.63) is 41.5 Å². The first kappa shape index (κ1) is 16.9. The fourth-order valence-electron chi connectivity index (χ4n) is 3.60. The fourth-order valence-corrected chi connectivity index (χ4v) is 3.60. The van der Waals surface area contributed by atoms with E-state index in [1.165, 1.54) is 0 Å². The van der Waals surface area contributed by atoms with Crippen LogP contribution in [0.5, 0.6) is 0 Å². The van der Waals surface area contributed by atoms with Crippen LogP contribution >= 0.6 is 0 Å². The van der Waals surface area contributed by atoms with Gasteiger partial charge in [-0.05, 0) is 24.5 Å². The molecule has 1 fully saturated rings. The van der Waals surface area contributed by atoms with Gasteiger partial charge in [0, 0.05) is 30.5 Å².